The van der Waals surface area contributed by atoms with Gasteiger partial charge in [0.15, 0.2) is 0 Å². The minimum Gasteiger partial charge on any atom is -0.478 e. The van der Waals surface area contributed by atoms with Crippen molar-refractivity contribution in [2.75, 3.05) is 13.2 Å². The molecular weight excluding hydrogens is 355 g/mol. The number of rotatable bonds is 3. The quantitative estimate of drug-likeness (QED) is 0.900. The minimum atomic E-state index is -1.12. The Morgan fingerprint density at radius 3 is 2.77 bits per heavy atom. The molecule has 1 fully saturated rings. The number of aromatic carboxylic acids is 1. The van der Waals surface area contributed by atoms with E-state index in [1.54, 1.807) is 16.8 Å². The number of nitrogens with zero attached hydrogens (tertiary/aromatic N) is 2. The zero-order valence-corrected chi connectivity index (χ0v) is 13.2. The molecule has 0 bridgehead atoms. The van der Waals surface area contributed by atoms with E-state index in [0.717, 1.165) is 12.8 Å². The lowest BCUT2D eigenvalue weighted by molar-refractivity contribution is 0.0665. The van der Waals surface area contributed by atoms with Gasteiger partial charge in [0.1, 0.15) is 11.4 Å². The standard InChI is InChI=1S/C15H14BrFN2O3/c16-9-1-2-11(13(17)7-9)14-12(15(20)21)8-18-19(14)10-3-5-22-6-4-10/h1-2,7-8,10H,3-6H2,(H,20,21). The second-order valence-corrected chi connectivity index (χ2v) is 6.04. The summed E-state index contributed by atoms with van der Waals surface area (Å²) < 4.78 is 21.9. The van der Waals surface area contributed by atoms with Gasteiger partial charge in [-0.2, -0.15) is 5.10 Å². The molecule has 2 heterocycles. The number of hydrogen-bond acceptors (Lipinski definition) is 3. The Kier molecular flexibility index (Phi) is 4.26. The highest BCUT2D eigenvalue weighted by atomic mass is 79.9. The molecule has 0 saturated carbocycles. The van der Waals surface area contributed by atoms with Crippen molar-refractivity contribution in [2.24, 2.45) is 0 Å². The lowest BCUT2D eigenvalue weighted by Crippen LogP contribution is -2.21. The van der Waals surface area contributed by atoms with E-state index in [1.165, 1.54) is 12.3 Å². The predicted octanol–water partition coefficient (Wildman–Crippen LogP) is 3.50. The first-order valence-electron chi connectivity index (χ1n) is 6.92. The average molecular weight is 369 g/mol. The van der Waals surface area contributed by atoms with E-state index in [1.807, 2.05) is 0 Å². The molecule has 1 saturated heterocycles. The molecule has 1 aromatic heterocycles. The normalized spacial score (nSPS) is 15.9. The highest BCUT2D eigenvalue weighted by Crippen LogP contribution is 2.33. The Morgan fingerprint density at radius 2 is 2.14 bits per heavy atom. The molecule has 1 aliphatic heterocycles. The summed E-state index contributed by atoms with van der Waals surface area (Å²) in [5.41, 5.74) is 0.557. The van der Waals surface area contributed by atoms with E-state index in [4.69, 9.17) is 4.74 Å². The summed E-state index contributed by atoms with van der Waals surface area (Å²) >= 11 is 3.21. The molecule has 1 aliphatic rings. The van der Waals surface area contributed by atoms with E-state index in [2.05, 4.69) is 21.0 Å². The molecule has 0 amide bonds. The van der Waals surface area contributed by atoms with Crippen molar-refractivity contribution in [3.05, 3.63) is 40.2 Å². The van der Waals surface area contributed by atoms with Crippen molar-refractivity contribution >= 4 is 21.9 Å². The fourth-order valence-electron chi connectivity index (χ4n) is 2.68. The van der Waals surface area contributed by atoms with E-state index in [-0.39, 0.29) is 17.2 Å². The molecule has 0 aliphatic carbocycles. The van der Waals surface area contributed by atoms with E-state index in [0.29, 0.717) is 23.4 Å². The van der Waals surface area contributed by atoms with Gasteiger partial charge in [-0.15, -0.1) is 0 Å². The van der Waals surface area contributed by atoms with Crippen LogP contribution in [0.4, 0.5) is 4.39 Å². The highest BCUT2D eigenvalue weighted by molar-refractivity contribution is 9.10. The molecule has 0 radical (unpaired) electrons. The molecule has 2 aromatic rings. The number of benzene rings is 1. The van der Waals surface area contributed by atoms with Gasteiger partial charge in [-0.3, -0.25) is 4.68 Å². The molecule has 0 atom stereocenters. The van der Waals surface area contributed by atoms with Gasteiger partial charge in [0.05, 0.1) is 17.9 Å². The van der Waals surface area contributed by atoms with Crippen molar-refractivity contribution < 1.29 is 19.0 Å². The number of aromatic nitrogens is 2. The Balaban J connectivity index is 2.14. The Bertz CT molecular complexity index is 711. The Hall–Kier alpha value is -1.73. The fourth-order valence-corrected chi connectivity index (χ4v) is 3.01. The lowest BCUT2D eigenvalue weighted by atomic mass is 10.0. The maximum atomic E-state index is 14.3. The lowest BCUT2D eigenvalue weighted by Gasteiger charge is -2.24. The van der Waals surface area contributed by atoms with Crippen molar-refractivity contribution in [1.29, 1.82) is 0 Å². The van der Waals surface area contributed by atoms with Gasteiger partial charge in [-0.1, -0.05) is 15.9 Å². The summed E-state index contributed by atoms with van der Waals surface area (Å²) in [7, 11) is 0. The van der Waals surface area contributed by atoms with E-state index >= 15 is 0 Å². The van der Waals surface area contributed by atoms with Crippen molar-refractivity contribution in [3.8, 4) is 11.3 Å². The molecule has 1 N–H and O–H groups in total. The van der Waals surface area contributed by atoms with Crippen LogP contribution in [0, 0.1) is 5.82 Å². The van der Waals surface area contributed by atoms with Crippen LogP contribution in [-0.2, 0) is 4.74 Å². The zero-order valence-electron chi connectivity index (χ0n) is 11.6. The molecule has 0 spiro atoms. The van der Waals surface area contributed by atoms with Crippen LogP contribution in [0.3, 0.4) is 0 Å². The van der Waals surface area contributed by atoms with Gasteiger partial charge < -0.3 is 9.84 Å². The number of hydrogen-bond donors (Lipinski definition) is 1. The number of halogens is 2. The van der Waals surface area contributed by atoms with Crippen LogP contribution in [0.25, 0.3) is 11.3 Å². The molecule has 0 unspecified atom stereocenters. The first kappa shape index (κ1) is 15.2. The summed E-state index contributed by atoms with van der Waals surface area (Å²) in [5.74, 6) is -1.60. The summed E-state index contributed by atoms with van der Waals surface area (Å²) in [6.45, 7) is 1.18. The first-order valence-corrected chi connectivity index (χ1v) is 7.71. The molecular formula is C15H14BrFN2O3. The van der Waals surface area contributed by atoms with Gasteiger partial charge in [0, 0.05) is 23.2 Å². The maximum absolute atomic E-state index is 14.3. The summed E-state index contributed by atoms with van der Waals surface area (Å²) in [6.07, 6.45) is 2.74. The second kappa shape index (κ2) is 6.18. The Labute approximate surface area is 134 Å². The van der Waals surface area contributed by atoms with Crippen LogP contribution in [-0.4, -0.2) is 34.1 Å². The van der Waals surface area contributed by atoms with Gasteiger partial charge >= 0.3 is 5.97 Å². The van der Waals surface area contributed by atoms with Gasteiger partial charge in [0.25, 0.3) is 0 Å². The first-order chi connectivity index (χ1) is 10.6. The zero-order chi connectivity index (χ0) is 15.7. The van der Waals surface area contributed by atoms with Gasteiger partial charge in [-0.25, -0.2) is 9.18 Å². The van der Waals surface area contributed by atoms with Crippen LogP contribution >= 0.6 is 15.9 Å². The molecule has 5 nitrogen and oxygen atoms in total. The fraction of sp³-hybridized carbons (Fsp3) is 0.333. The smallest absolute Gasteiger partial charge is 0.339 e. The van der Waals surface area contributed by atoms with E-state index < -0.39 is 11.8 Å². The second-order valence-electron chi connectivity index (χ2n) is 5.12. The average Bonchev–Trinajstić information content (AvgIpc) is 2.93. The molecule has 3 rings (SSSR count). The molecule has 116 valence electrons. The van der Waals surface area contributed by atoms with Crippen molar-refractivity contribution in [3.63, 3.8) is 0 Å². The van der Waals surface area contributed by atoms with Crippen molar-refractivity contribution in [1.82, 2.24) is 9.78 Å². The number of carbonyl (C=O) groups is 1. The summed E-state index contributed by atoms with van der Waals surface area (Å²) in [4.78, 5) is 11.5. The molecule has 22 heavy (non-hydrogen) atoms. The van der Waals surface area contributed by atoms with Crippen LogP contribution in [0.2, 0.25) is 0 Å². The summed E-state index contributed by atoms with van der Waals surface area (Å²) in [6, 6.07) is 4.59. The predicted molar refractivity (Wildman–Crippen MR) is 81.4 cm³/mol. The summed E-state index contributed by atoms with van der Waals surface area (Å²) in [5, 5.41) is 13.6. The van der Waals surface area contributed by atoms with Gasteiger partial charge in [0.2, 0.25) is 0 Å². The topological polar surface area (TPSA) is 64.3 Å². The van der Waals surface area contributed by atoms with Gasteiger partial charge in [-0.05, 0) is 31.0 Å². The minimum absolute atomic E-state index is 0.00714. The van der Waals surface area contributed by atoms with Crippen LogP contribution in [0.15, 0.2) is 28.9 Å². The molecule has 1 aromatic carbocycles. The van der Waals surface area contributed by atoms with Crippen LogP contribution in [0.1, 0.15) is 29.2 Å². The third-order valence-electron chi connectivity index (χ3n) is 3.75. The monoisotopic (exact) mass is 368 g/mol. The maximum Gasteiger partial charge on any atom is 0.339 e. The number of carboxylic acids is 1. The third-order valence-corrected chi connectivity index (χ3v) is 4.24. The largest absolute Gasteiger partial charge is 0.478 e. The van der Waals surface area contributed by atoms with E-state index in [9.17, 15) is 14.3 Å². The Morgan fingerprint density at radius 1 is 1.41 bits per heavy atom. The highest BCUT2D eigenvalue weighted by Gasteiger charge is 2.26. The SMILES string of the molecule is O=C(O)c1cnn(C2CCOCC2)c1-c1ccc(Br)cc1F. The number of carboxylic acid groups (broad SMARTS) is 1. The van der Waals surface area contributed by atoms with Crippen molar-refractivity contribution in [2.45, 2.75) is 18.9 Å². The van der Waals surface area contributed by atoms with Crippen LogP contribution in [0.5, 0.6) is 0 Å². The third kappa shape index (κ3) is 2.78. The number of ether oxygens (including phenoxy) is 1. The molecule has 7 heteroatoms. The van der Waals surface area contributed by atoms with Crippen LogP contribution < -0.4 is 0 Å².